The Bertz CT molecular complexity index is 832. The normalized spacial score (nSPS) is 20.2. The molecular weight excluding hydrogens is 336 g/mol. The van der Waals surface area contributed by atoms with Crippen LogP contribution in [0.4, 0.5) is 0 Å². The summed E-state index contributed by atoms with van der Waals surface area (Å²) >= 11 is 0. The molecule has 1 aromatic carbocycles. The van der Waals surface area contributed by atoms with Crippen LogP contribution in [-0.2, 0) is 16.1 Å². The smallest absolute Gasteiger partial charge is 0.358 e. The van der Waals surface area contributed by atoms with Gasteiger partial charge in [0.25, 0.3) is 0 Å². The highest BCUT2D eigenvalue weighted by Crippen LogP contribution is 2.28. The summed E-state index contributed by atoms with van der Waals surface area (Å²) in [6.45, 7) is 6.84. The summed E-state index contributed by atoms with van der Waals surface area (Å²) in [5.41, 5.74) is 3.18. The Hall–Kier alpha value is -2.74. The van der Waals surface area contributed by atoms with Gasteiger partial charge in [0.1, 0.15) is 12.6 Å². The molecule has 1 saturated heterocycles. The number of rotatable bonds is 4. The Labute approximate surface area is 151 Å². The number of hydrogen-bond acceptors (Lipinski definition) is 5. The number of carboxylic acids is 1. The number of ether oxygens (including phenoxy) is 1. The zero-order valence-electron chi connectivity index (χ0n) is 15.0. The molecule has 0 radical (unpaired) electrons. The Morgan fingerprint density at radius 2 is 2.12 bits per heavy atom. The van der Waals surface area contributed by atoms with Crippen LogP contribution in [0.1, 0.15) is 40.2 Å². The minimum absolute atomic E-state index is 0.0514. The topological polar surface area (TPSA) is 97.6 Å². The van der Waals surface area contributed by atoms with Gasteiger partial charge < -0.3 is 14.7 Å². The molecule has 1 aliphatic rings. The molecule has 26 heavy (non-hydrogen) atoms. The average Bonchev–Trinajstić information content (AvgIpc) is 3.06. The first-order valence-electron chi connectivity index (χ1n) is 8.47. The monoisotopic (exact) mass is 358 g/mol. The number of aryl methyl sites for hydroxylation is 2. The molecular formula is C18H22N4O4. The van der Waals surface area contributed by atoms with Crippen molar-refractivity contribution in [3.05, 3.63) is 46.8 Å². The second kappa shape index (κ2) is 7.25. The van der Waals surface area contributed by atoms with Crippen molar-refractivity contribution in [3.63, 3.8) is 0 Å². The molecule has 0 bridgehead atoms. The van der Waals surface area contributed by atoms with E-state index in [1.165, 1.54) is 10.9 Å². The van der Waals surface area contributed by atoms with E-state index in [1.807, 2.05) is 20.8 Å². The molecule has 2 heterocycles. The van der Waals surface area contributed by atoms with Crippen molar-refractivity contribution in [3.8, 4) is 0 Å². The van der Waals surface area contributed by atoms with Crippen LogP contribution in [0.2, 0.25) is 0 Å². The van der Waals surface area contributed by atoms with Crippen LogP contribution >= 0.6 is 0 Å². The van der Waals surface area contributed by atoms with E-state index in [1.54, 1.807) is 4.90 Å². The van der Waals surface area contributed by atoms with E-state index in [0.717, 1.165) is 16.7 Å². The second-order valence-electron chi connectivity index (χ2n) is 6.68. The van der Waals surface area contributed by atoms with E-state index < -0.39 is 5.97 Å². The minimum Gasteiger partial charge on any atom is -0.476 e. The molecule has 1 amide bonds. The minimum atomic E-state index is -1.17. The molecule has 1 N–H and O–H groups in total. The number of amides is 1. The average molecular weight is 358 g/mol. The van der Waals surface area contributed by atoms with E-state index in [4.69, 9.17) is 9.84 Å². The number of morpholine rings is 1. The molecule has 2 aromatic rings. The van der Waals surface area contributed by atoms with Gasteiger partial charge in [0.15, 0.2) is 5.69 Å². The van der Waals surface area contributed by atoms with Gasteiger partial charge in [0, 0.05) is 0 Å². The lowest BCUT2D eigenvalue weighted by molar-refractivity contribution is -0.145. The zero-order valence-corrected chi connectivity index (χ0v) is 15.0. The van der Waals surface area contributed by atoms with Crippen LogP contribution in [0.25, 0.3) is 0 Å². The van der Waals surface area contributed by atoms with Gasteiger partial charge in [-0.3, -0.25) is 4.79 Å². The molecule has 138 valence electrons. The number of carbonyl (C=O) groups is 2. The Balaban J connectivity index is 1.74. The van der Waals surface area contributed by atoms with Gasteiger partial charge >= 0.3 is 5.97 Å². The Morgan fingerprint density at radius 3 is 2.81 bits per heavy atom. The van der Waals surface area contributed by atoms with E-state index in [2.05, 4.69) is 28.5 Å². The Kier molecular flexibility index (Phi) is 5.03. The first-order valence-corrected chi connectivity index (χ1v) is 8.47. The number of aromatic carboxylic acids is 1. The summed E-state index contributed by atoms with van der Waals surface area (Å²) in [6, 6.07) is 6.14. The van der Waals surface area contributed by atoms with Crippen LogP contribution in [0, 0.1) is 13.8 Å². The molecule has 0 saturated carbocycles. The summed E-state index contributed by atoms with van der Waals surface area (Å²) in [5, 5.41) is 16.1. The van der Waals surface area contributed by atoms with Crippen molar-refractivity contribution < 1.29 is 19.4 Å². The first-order chi connectivity index (χ1) is 12.3. The van der Waals surface area contributed by atoms with E-state index in [0.29, 0.717) is 13.2 Å². The molecule has 3 rings (SSSR count). The highest BCUT2D eigenvalue weighted by Gasteiger charge is 2.31. The fourth-order valence-electron chi connectivity index (χ4n) is 3.10. The molecule has 8 nitrogen and oxygen atoms in total. The number of aromatic nitrogens is 3. The van der Waals surface area contributed by atoms with Crippen LogP contribution in [0.3, 0.4) is 0 Å². The van der Waals surface area contributed by atoms with Crippen molar-refractivity contribution in [1.29, 1.82) is 0 Å². The highest BCUT2D eigenvalue weighted by molar-refractivity contribution is 5.84. The number of carbonyl (C=O) groups excluding carboxylic acids is 1. The van der Waals surface area contributed by atoms with Gasteiger partial charge in [-0.05, 0) is 31.9 Å². The predicted octanol–water partition coefficient (Wildman–Crippen LogP) is 1.58. The van der Waals surface area contributed by atoms with Crippen molar-refractivity contribution in [2.24, 2.45) is 0 Å². The van der Waals surface area contributed by atoms with Crippen molar-refractivity contribution in [2.75, 3.05) is 13.2 Å². The van der Waals surface area contributed by atoms with Crippen molar-refractivity contribution >= 4 is 11.9 Å². The molecule has 2 atom stereocenters. The standard InChI is InChI=1S/C18H22N4O4/c1-11-4-5-12(2)14(6-11)16-8-22(13(3)10-26-16)17(23)9-21-7-15(18(24)25)19-20-21/h4-7,13,16H,8-10H2,1-3H3,(H,24,25). The SMILES string of the molecule is Cc1ccc(C)c(C2CN(C(=O)Cn3cc(C(=O)O)nn3)C(C)CO2)c1. The lowest BCUT2D eigenvalue weighted by Gasteiger charge is -2.38. The number of nitrogens with zero attached hydrogens (tertiary/aromatic N) is 4. The predicted molar refractivity (Wildman–Crippen MR) is 92.8 cm³/mol. The third kappa shape index (κ3) is 3.75. The second-order valence-corrected chi connectivity index (χ2v) is 6.68. The fraction of sp³-hybridized carbons (Fsp3) is 0.444. The van der Waals surface area contributed by atoms with Gasteiger partial charge in [0.05, 0.1) is 25.4 Å². The largest absolute Gasteiger partial charge is 0.476 e. The maximum atomic E-state index is 12.7. The van der Waals surface area contributed by atoms with Crippen LogP contribution in [-0.4, -0.2) is 56.1 Å². The van der Waals surface area contributed by atoms with Crippen LogP contribution < -0.4 is 0 Å². The number of hydrogen-bond donors (Lipinski definition) is 1. The Morgan fingerprint density at radius 1 is 1.35 bits per heavy atom. The van der Waals surface area contributed by atoms with E-state index >= 15 is 0 Å². The van der Waals surface area contributed by atoms with E-state index in [-0.39, 0.29) is 30.3 Å². The summed E-state index contributed by atoms with van der Waals surface area (Å²) in [7, 11) is 0. The summed E-state index contributed by atoms with van der Waals surface area (Å²) in [5.74, 6) is -1.31. The van der Waals surface area contributed by atoms with Gasteiger partial charge in [-0.2, -0.15) is 0 Å². The first kappa shape index (κ1) is 18.1. The van der Waals surface area contributed by atoms with Gasteiger partial charge in [-0.1, -0.05) is 29.0 Å². The summed E-state index contributed by atoms with van der Waals surface area (Å²) < 4.78 is 7.22. The molecule has 2 unspecified atom stereocenters. The molecule has 1 aromatic heterocycles. The van der Waals surface area contributed by atoms with Gasteiger partial charge in [-0.25, -0.2) is 9.48 Å². The van der Waals surface area contributed by atoms with Crippen molar-refractivity contribution in [2.45, 2.75) is 39.5 Å². The molecule has 0 spiro atoms. The lowest BCUT2D eigenvalue weighted by Crippen LogP contribution is -2.49. The lowest BCUT2D eigenvalue weighted by atomic mass is 9.99. The highest BCUT2D eigenvalue weighted by atomic mass is 16.5. The van der Waals surface area contributed by atoms with E-state index in [9.17, 15) is 9.59 Å². The maximum Gasteiger partial charge on any atom is 0.358 e. The third-order valence-electron chi connectivity index (χ3n) is 4.59. The fourth-order valence-corrected chi connectivity index (χ4v) is 3.10. The number of benzene rings is 1. The molecule has 1 aliphatic heterocycles. The summed E-state index contributed by atoms with van der Waals surface area (Å²) in [4.78, 5) is 25.4. The van der Waals surface area contributed by atoms with Gasteiger partial charge in [0.2, 0.25) is 5.91 Å². The molecule has 8 heteroatoms. The maximum absolute atomic E-state index is 12.7. The molecule has 0 aliphatic carbocycles. The third-order valence-corrected chi connectivity index (χ3v) is 4.59. The zero-order chi connectivity index (χ0) is 18.8. The quantitative estimate of drug-likeness (QED) is 0.891. The summed E-state index contributed by atoms with van der Waals surface area (Å²) in [6.07, 6.45) is 1.08. The van der Waals surface area contributed by atoms with Crippen molar-refractivity contribution in [1.82, 2.24) is 19.9 Å². The van der Waals surface area contributed by atoms with Gasteiger partial charge in [-0.15, -0.1) is 5.10 Å². The van der Waals surface area contributed by atoms with Crippen LogP contribution in [0.15, 0.2) is 24.4 Å². The molecule has 1 fully saturated rings. The number of carboxylic acid groups (broad SMARTS) is 1. The van der Waals surface area contributed by atoms with Crippen LogP contribution in [0.5, 0.6) is 0 Å².